The zero-order valence-corrected chi connectivity index (χ0v) is 13.8. The molecule has 118 valence electrons. The molecule has 1 atom stereocenters. The van der Waals surface area contributed by atoms with Crippen LogP contribution in [0.3, 0.4) is 0 Å². The number of hydrogen-bond acceptors (Lipinski definition) is 3. The fourth-order valence-corrected chi connectivity index (χ4v) is 2.56. The first-order valence-electron chi connectivity index (χ1n) is 7.91. The quantitative estimate of drug-likeness (QED) is 0.877. The molecule has 4 heteroatoms. The summed E-state index contributed by atoms with van der Waals surface area (Å²) in [6.45, 7) is 7.89. The highest BCUT2D eigenvalue weighted by Gasteiger charge is 2.20. The lowest BCUT2D eigenvalue weighted by molar-refractivity contribution is 0.0937. The summed E-state index contributed by atoms with van der Waals surface area (Å²) >= 11 is 0. The van der Waals surface area contributed by atoms with Gasteiger partial charge in [-0.1, -0.05) is 49.7 Å². The zero-order chi connectivity index (χ0) is 16.1. The molecule has 4 nitrogen and oxygen atoms in total. The molecule has 0 radical (unpaired) electrons. The molecule has 0 aliphatic rings. The zero-order valence-electron chi connectivity index (χ0n) is 13.8. The van der Waals surface area contributed by atoms with Gasteiger partial charge in [-0.3, -0.25) is 4.79 Å². The Morgan fingerprint density at radius 3 is 2.55 bits per heavy atom. The van der Waals surface area contributed by atoms with E-state index in [1.165, 1.54) is 5.56 Å². The van der Waals surface area contributed by atoms with Crippen molar-refractivity contribution in [3.8, 4) is 0 Å². The summed E-state index contributed by atoms with van der Waals surface area (Å²) in [6.07, 6.45) is 2.90. The van der Waals surface area contributed by atoms with Crippen LogP contribution in [-0.4, -0.2) is 11.1 Å². The average molecular weight is 300 g/mol. The van der Waals surface area contributed by atoms with Crippen LogP contribution in [0.5, 0.6) is 0 Å². The normalized spacial score (nSPS) is 12.2. The third-order valence-electron chi connectivity index (χ3n) is 3.86. The lowest BCUT2D eigenvalue weighted by atomic mass is 10.0. The summed E-state index contributed by atoms with van der Waals surface area (Å²) in [7, 11) is 0. The maximum atomic E-state index is 12.4. The van der Waals surface area contributed by atoms with Crippen LogP contribution in [0.25, 0.3) is 0 Å². The van der Waals surface area contributed by atoms with Crippen molar-refractivity contribution in [2.24, 2.45) is 0 Å². The van der Waals surface area contributed by atoms with Gasteiger partial charge in [0.2, 0.25) is 0 Å². The molecule has 0 aliphatic carbocycles. The molecule has 1 aromatic carbocycles. The molecule has 0 unspecified atom stereocenters. The first-order chi connectivity index (χ1) is 10.6. The predicted octanol–water partition coefficient (Wildman–Crippen LogP) is 3.99. The van der Waals surface area contributed by atoms with Gasteiger partial charge in [-0.2, -0.15) is 0 Å². The highest BCUT2D eigenvalue weighted by molar-refractivity contribution is 5.96. The van der Waals surface area contributed by atoms with Gasteiger partial charge in [0.1, 0.15) is 11.3 Å². The van der Waals surface area contributed by atoms with Gasteiger partial charge in [-0.25, -0.2) is 0 Å². The standard InChI is InChI=1S/C18H24N2O2/c1-5-7-14-8-10-15(11-9-14)12(3)19-18(21)17-13(4)22-20-16(17)6-2/h8-12H,5-7H2,1-4H3,(H,19,21)/t12-/m1/s1. The Balaban J connectivity index is 2.09. The summed E-state index contributed by atoms with van der Waals surface area (Å²) in [5.74, 6) is 0.445. The minimum absolute atomic E-state index is 0.0535. The molecule has 1 N–H and O–H groups in total. The Bertz CT molecular complexity index is 629. The molecule has 0 fully saturated rings. The number of amides is 1. The van der Waals surface area contributed by atoms with Crippen LogP contribution in [0.15, 0.2) is 28.8 Å². The fraction of sp³-hybridized carbons (Fsp3) is 0.444. The molecule has 0 saturated heterocycles. The fourth-order valence-electron chi connectivity index (χ4n) is 2.56. The molecule has 1 aromatic heterocycles. The van der Waals surface area contributed by atoms with E-state index in [4.69, 9.17) is 4.52 Å². The molecule has 0 saturated carbocycles. The molecule has 2 rings (SSSR count). The second-order valence-corrected chi connectivity index (χ2v) is 5.60. The molecule has 1 amide bonds. The highest BCUT2D eigenvalue weighted by atomic mass is 16.5. The van der Waals surface area contributed by atoms with Crippen LogP contribution in [0, 0.1) is 6.92 Å². The summed E-state index contributed by atoms with van der Waals surface area (Å²) in [5.41, 5.74) is 3.70. The van der Waals surface area contributed by atoms with E-state index < -0.39 is 0 Å². The third kappa shape index (κ3) is 3.56. The summed E-state index contributed by atoms with van der Waals surface area (Å²) < 4.78 is 5.13. The Labute approximate surface area is 131 Å². The van der Waals surface area contributed by atoms with Crippen molar-refractivity contribution in [2.45, 2.75) is 53.0 Å². The van der Waals surface area contributed by atoms with E-state index in [1.54, 1.807) is 6.92 Å². The number of aryl methyl sites for hydroxylation is 3. The van der Waals surface area contributed by atoms with Crippen LogP contribution in [0.4, 0.5) is 0 Å². The number of hydrogen-bond donors (Lipinski definition) is 1. The Kier molecular flexibility index (Phi) is 5.36. The van der Waals surface area contributed by atoms with Gasteiger partial charge in [0.25, 0.3) is 5.91 Å². The van der Waals surface area contributed by atoms with Crippen molar-refractivity contribution in [2.75, 3.05) is 0 Å². The van der Waals surface area contributed by atoms with E-state index in [0.29, 0.717) is 23.4 Å². The second kappa shape index (κ2) is 7.25. The van der Waals surface area contributed by atoms with Gasteiger partial charge in [0, 0.05) is 0 Å². The molecular formula is C18H24N2O2. The Morgan fingerprint density at radius 2 is 1.95 bits per heavy atom. The van der Waals surface area contributed by atoms with Crippen molar-refractivity contribution in [1.29, 1.82) is 0 Å². The number of rotatable bonds is 6. The highest BCUT2D eigenvalue weighted by Crippen LogP contribution is 2.18. The van der Waals surface area contributed by atoms with Gasteiger partial charge in [0.15, 0.2) is 0 Å². The topological polar surface area (TPSA) is 55.1 Å². The molecule has 0 spiro atoms. The van der Waals surface area contributed by atoms with Gasteiger partial charge in [-0.15, -0.1) is 0 Å². The first kappa shape index (κ1) is 16.3. The third-order valence-corrected chi connectivity index (χ3v) is 3.86. The van der Waals surface area contributed by atoms with Crippen molar-refractivity contribution in [3.63, 3.8) is 0 Å². The average Bonchev–Trinajstić information content (AvgIpc) is 2.89. The SMILES string of the molecule is CCCc1ccc([C@@H](C)NC(=O)c2c(CC)noc2C)cc1. The summed E-state index contributed by atoms with van der Waals surface area (Å²) in [6, 6.07) is 8.36. The summed E-state index contributed by atoms with van der Waals surface area (Å²) in [4.78, 5) is 12.4. The van der Waals surface area contributed by atoms with Gasteiger partial charge < -0.3 is 9.84 Å². The molecule has 0 bridgehead atoms. The van der Waals surface area contributed by atoms with Crippen LogP contribution >= 0.6 is 0 Å². The lowest BCUT2D eigenvalue weighted by Gasteiger charge is -2.15. The van der Waals surface area contributed by atoms with Crippen molar-refractivity contribution >= 4 is 5.91 Å². The van der Waals surface area contributed by atoms with E-state index in [0.717, 1.165) is 18.4 Å². The van der Waals surface area contributed by atoms with Crippen molar-refractivity contribution in [3.05, 3.63) is 52.4 Å². The predicted molar refractivity (Wildman–Crippen MR) is 86.9 cm³/mol. The van der Waals surface area contributed by atoms with Crippen LogP contribution < -0.4 is 5.32 Å². The number of carbonyl (C=O) groups excluding carboxylic acids is 1. The minimum Gasteiger partial charge on any atom is -0.361 e. The number of nitrogens with one attached hydrogen (secondary N) is 1. The Hall–Kier alpha value is -2.10. The number of benzene rings is 1. The van der Waals surface area contributed by atoms with Gasteiger partial charge in [0.05, 0.1) is 11.7 Å². The van der Waals surface area contributed by atoms with E-state index in [1.807, 2.05) is 13.8 Å². The summed E-state index contributed by atoms with van der Waals surface area (Å²) in [5, 5.41) is 6.96. The molecular weight excluding hydrogens is 276 g/mol. The first-order valence-corrected chi connectivity index (χ1v) is 7.91. The molecule has 1 heterocycles. The van der Waals surface area contributed by atoms with Gasteiger partial charge >= 0.3 is 0 Å². The van der Waals surface area contributed by atoms with Crippen molar-refractivity contribution < 1.29 is 9.32 Å². The van der Waals surface area contributed by atoms with E-state index in [-0.39, 0.29) is 11.9 Å². The smallest absolute Gasteiger partial charge is 0.257 e. The maximum absolute atomic E-state index is 12.4. The lowest BCUT2D eigenvalue weighted by Crippen LogP contribution is -2.27. The number of carbonyl (C=O) groups is 1. The second-order valence-electron chi connectivity index (χ2n) is 5.60. The minimum atomic E-state index is -0.124. The largest absolute Gasteiger partial charge is 0.361 e. The number of aromatic nitrogens is 1. The van der Waals surface area contributed by atoms with E-state index in [2.05, 4.69) is 41.7 Å². The van der Waals surface area contributed by atoms with E-state index in [9.17, 15) is 4.79 Å². The van der Waals surface area contributed by atoms with Crippen LogP contribution in [-0.2, 0) is 12.8 Å². The van der Waals surface area contributed by atoms with Crippen LogP contribution in [0.1, 0.15) is 66.2 Å². The monoisotopic (exact) mass is 300 g/mol. The van der Waals surface area contributed by atoms with Crippen LogP contribution in [0.2, 0.25) is 0 Å². The van der Waals surface area contributed by atoms with Gasteiger partial charge in [-0.05, 0) is 37.8 Å². The maximum Gasteiger partial charge on any atom is 0.257 e. The van der Waals surface area contributed by atoms with Crippen molar-refractivity contribution in [1.82, 2.24) is 10.5 Å². The Morgan fingerprint density at radius 1 is 1.27 bits per heavy atom. The molecule has 0 aliphatic heterocycles. The van der Waals surface area contributed by atoms with E-state index >= 15 is 0 Å². The molecule has 22 heavy (non-hydrogen) atoms. The number of nitrogens with zero attached hydrogens (tertiary/aromatic N) is 1. The molecule has 2 aromatic rings.